The van der Waals surface area contributed by atoms with Gasteiger partial charge in [0.05, 0.1) is 22.2 Å². The molecule has 7 heteroatoms. The summed E-state index contributed by atoms with van der Waals surface area (Å²) < 4.78 is 2.34. The van der Waals surface area contributed by atoms with Gasteiger partial charge in [0.2, 0.25) is 0 Å². The lowest BCUT2D eigenvalue weighted by Crippen LogP contribution is -2.55. The Hall–Kier alpha value is -4.76. The monoisotopic (exact) mass is 534 g/mol. The number of fused-ring (bicyclic) bond motifs is 7. The third-order valence-electron chi connectivity index (χ3n) is 8.63. The zero-order valence-corrected chi connectivity index (χ0v) is 23.2. The number of aromatic amines is 1. The Morgan fingerprint density at radius 1 is 0.488 bits per heavy atom. The number of rotatable bonds is 3. The third kappa shape index (κ3) is 3.74. The summed E-state index contributed by atoms with van der Waals surface area (Å²) in [6.07, 6.45) is 0. The van der Waals surface area contributed by atoms with Crippen LogP contribution >= 0.6 is 0 Å². The maximum Gasteiger partial charge on any atom is 0.113 e. The van der Waals surface area contributed by atoms with Crippen LogP contribution in [0, 0.1) is 0 Å². The summed E-state index contributed by atoms with van der Waals surface area (Å²) in [6.45, 7) is 0. The normalized spacial score (nSPS) is 11.7. The fourth-order valence-electron chi connectivity index (χ4n) is 6.52. The van der Waals surface area contributed by atoms with Crippen LogP contribution in [0.3, 0.4) is 0 Å². The second kappa shape index (κ2) is 9.64. The standard InChI is InChI=1S/C36H19B5N2/c37-30-29(31(38)33(40)34(41)32(30)39)20-14-15-21(19-8-2-1-3-9-19)28(18-20)43-27-13-7-5-11-23(27)25-17-16-24-22-10-4-6-12-26(22)42-35(24)36(25)43/h1-18,42H. The number of para-hydroxylation sites is 2. The van der Waals surface area contributed by atoms with Crippen molar-refractivity contribution in [2.45, 2.75) is 0 Å². The Morgan fingerprint density at radius 2 is 1.12 bits per heavy atom. The van der Waals surface area contributed by atoms with E-state index >= 15 is 0 Å². The highest BCUT2D eigenvalue weighted by atomic mass is 15.0. The van der Waals surface area contributed by atoms with Gasteiger partial charge in [-0.05, 0) is 34.9 Å². The van der Waals surface area contributed by atoms with Crippen molar-refractivity contribution in [3.8, 4) is 27.9 Å². The van der Waals surface area contributed by atoms with Crippen molar-refractivity contribution in [1.29, 1.82) is 0 Å². The number of benzene rings is 6. The van der Waals surface area contributed by atoms with Crippen molar-refractivity contribution in [3.05, 3.63) is 109 Å². The highest BCUT2D eigenvalue weighted by Crippen LogP contribution is 2.41. The SMILES string of the molecule is [B]c1c([B])c([B])c(-c2ccc(-c3ccccc3)c(-n3c4ccccc4c4ccc5c6ccccc6[nH]c5c43)c2)c([B])c1[B]. The molecule has 10 radical (unpaired) electrons. The molecule has 2 nitrogen and oxygen atoms in total. The van der Waals surface area contributed by atoms with E-state index in [2.05, 4.69) is 94.5 Å². The summed E-state index contributed by atoms with van der Waals surface area (Å²) >= 11 is 0. The van der Waals surface area contributed by atoms with Gasteiger partial charge in [-0.2, -0.15) is 0 Å². The van der Waals surface area contributed by atoms with Gasteiger partial charge in [0.15, 0.2) is 0 Å². The number of H-pyrrole nitrogens is 1. The Kier molecular flexibility index (Phi) is 5.81. The molecule has 0 unspecified atom stereocenters. The van der Waals surface area contributed by atoms with Crippen molar-refractivity contribution in [2.24, 2.45) is 0 Å². The number of nitrogens with zero attached hydrogens (tertiary/aromatic N) is 1. The van der Waals surface area contributed by atoms with Gasteiger partial charge in [-0.1, -0.05) is 102 Å². The van der Waals surface area contributed by atoms with Crippen molar-refractivity contribution >= 4 is 110 Å². The topological polar surface area (TPSA) is 20.7 Å². The summed E-state index contributed by atoms with van der Waals surface area (Å²) in [7, 11) is 31.8. The molecule has 2 heterocycles. The van der Waals surface area contributed by atoms with Crippen LogP contribution in [-0.4, -0.2) is 48.8 Å². The van der Waals surface area contributed by atoms with Gasteiger partial charge in [-0.3, -0.25) is 0 Å². The first-order valence-corrected chi connectivity index (χ1v) is 14.1. The Morgan fingerprint density at radius 3 is 1.88 bits per heavy atom. The molecular formula is C36H19B5N2. The molecule has 0 saturated carbocycles. The van der Waals surface area contributed by atoms with Crippen LogP contribution in [-0.2, 0) is 0 Å². The first kappa shape index (κ1) is 25.9. The molecule has 0 aliphatic carbocycles. The second-order valence-electron chi connectivity index (χ2n) is 10.9. The van der Waals surface area contributed by atoms with Crippen molar-refractivity contribution < 1.29 is 0 Å². The van der Waals surface area contributed by atoms with Crippen LogP contribution in [0.15, 0.2) is 109 Å². The van der Waals surface area contributed by atoms with Crippen molar-refractivity contribution in [1.82, 2.24) is 9.55 Å². The molecule has 43 heavy (non-hydrogen) atoms. The molecule has 1 N–H and O–H groups in total. The summed E-state index contributed by atoms with van der Waals surface area (Å²) in [6, 6.07) is 37.9. The Labute approximate surface area is 256 Å². The highest BCUT2D eigenvalue weighted by Gasteiger charge is 2.21. The lowest BCUT2D eigenvalue weighted by atomic mass is 9.59. The quantitative estimate of drug-likeness (QED) is 0.335. The minimum Gasteiger partial charge on any atom is -0.353 e. The Balaban J connectivity index is 1.55. The smallest absolute Gasteiger partial charge is 0.113 e. The number of hydrogen-bond acceptors (Lipinski definition) is 0. The summed E-state index contributed by atoms with van der Waals surface area (Å²) in [5, 5.41) is 4.65. The lowest BCUT2D eigenvalue weighted by molar-refractivity contribution is 1.19. The maximum absolute atomic E-state index is 6.55. The first-order valence-electron chi connectivity index (χ1n) is 14.1. The predicted molar refractivity (Wildman–Crippen MR) is 188 cm³/mol. The second-order valence-corrected chi connectivity index (χ2v) is 10.9. The summed E-state index contributed by atoms with van der Waals surface area (Å²) in [5.74, 6) is 0. The van der Waals surface area contributed by atoms with E-state index in [-0.39, 0.29) is 16.4 Å². The van der Waals surface area contributed by atoms with E-state index in [1.165, 1.54) is 5.39 Å². The molecule has 0 atom stereocenters. The number of aromatic nitrogens is 2. The molecule has 8 rings (SSSR count). The minimum atomic E-state index is 0.198. The Bertz CT molecular complexity index is 2370. The molecular weight excluding hydrogens is 514 g/mol. The largest absolute Gasteiger partial charge is 0.353 e. The van der Waals surface area contributed by atoms with Crippen LogP contribution in [0.2, 0.25) is 0 Å². The molecule has 2 aromatic heterocycles. The van der Waals surface area contributed by atoms with Crippen molar-refractivity contribution in [3.63, 3.8) is 0 Å². The van der Waals surface area contributed by atoms with Gasteiger partial charge in [-0.15, -0.1) is 16.4 Å². The molecule has 0 aliphatic heterocycles. The molecule has 0 fully saturated rings. The molecule has 0 saturated heterocycles. The van der Waals surface area contributed by atoms with Gasteiger partial charge in [0, 0.05) is 32.6 Å². The molecule has 0 amide bonds. The molecule has 8 aromatic rings. The van der Waals surface area contributed by atoms with Gasteiger partial charge < -0.3 is 9.55 Å². The van der Waals surface area contributed by atoms with E-state index in [0.29, 0.717) is 16.5 Å². The van der Waals surface area contributed by atoms with E-state index < -0.39 is 0 Å². The van der Waals surface area contributed by atoms with Crippen LogP contribution < -0.4 is 27.3 Å². The lowest BCUT2D eigenvalue weighted by Gasteiger charge is -2.23. The molecule has 188 valence electrons. The fourth-order valence-corrected chi connectivity index (χ4v) is 6.52. The van der Waals surface area contributed by atoms with Crippen LogP contribution in [0.25, 0.3) is 71.6 Å². The average molecular weight is 534 g/mol. The fraction of sp³-hybridized carbons (Fsp3) is 0. The van der Waals surface area contributed by atoms with Crippen molar-refractivity contribution in [2.75, 3.05) is 0 Å². The number of nitrogens with one attached hydrogen (secondary N) is 1. The first-order chi connectivity index (χ1) is 20.9. The van der Waals surface area contributed by atoms with Gasteiger partial charge in [-0.25, -0.2) is 0 Å². The minimum absolute atomic E-state index is 0.198. The van der Waals surface area contributed by atoms with Gasteiger partial charge in [0.25, 0.3) is 0 Å². The van der Waals surface area contributed by atoms with E-state index in [1.54, 1.807) is 0 Å². The van der Waals surface area contributed by atoms with E-state index in [1.807, 2.05) is 24.3 Å². The highest BCUT2D eigenvalue weighted by molar-refractivity contribution is 6.68. The third-order valence-corrected chi connectivity index (χ3v) is 8.63. The zero-order chi connectivity index (χ0) is 29.4. The van der Waals surface area contributed by atoms with Crippen LogP contribution in [0.1, 0.15) is 0 Å². The van der Waals surface area contributed by atoms with Crippen LogP contribution in [0.5, 0.6) is 0 Å². The zero-order valence-electron chi connectivity index (χ0n) is 23.2. The average Bonchev–Trinajstić information content (AvgIpc) is 3.59. The summed E-state index contributed by atoms with van der Waals surface area (Å²) in [5.41, 5.74) is 10.1. The summed E-state index contributed by atoms with van der Waals surface area (Å²) in [4.78, 5) is 3.73. The molecule has 6 aromatic carbocycles. The van der Waals surface area contributed by atoms with E-state index in [9.17, 15) is 0 Å². The molecule has 0 bridgehead atoms. The van der Waals surface area contributed by atoms with E-state index in [0.717, 1.165) is 60.6 Å². The molecule has 0 spiro atoms. The molecule has 0 aliphatic rings. The maximum atomic E-state index is 6.55. The van der Waals surface area contributed by atoms with E-state index in [4.69, 9.17) is 39.2 Å². The van der Waals surface area contributed by atoms with Crippen LogP contribution in [0.4, 0.5) is 0 Å². The predicted octanol–water partition coefficient (Wildman–Crippen LogP) is 3.72. The van der Waals surface area contributed by atoms with Gasteiger partial charge >= 0.3 is 0 Å². The number of hydrogen-bond donors (Lipinski definition) is 1. The van der Waals surface area contributed by atoms with Gasteiger partial charge in [0.1, 0.15) is 39.2 Å².